The third-order valence-electron chi connectivity index (χ3n) is 1.90. The van der Waals surface area contributed by atoms with Crippen LogP contribution in [0.25, 0.3) is 0 Å². The largest absolute Gasteiger partial charge is 0.418 e. The van der Waals surface area contributed by atoms with Gasteiger partial charge in [0, 0.05) is 6.92 Å². The maximum absolute atomic E-state index is 10.7. The van der Waals surface area contributed by atoms with Gasteiger partial charge in [-0.2, -0.15) is 0 Å². The number of allylic oxidation sites excluding steroid dienone is 6. The maximum Gasteiger partial charge on any atom is 0.308 e. The Balaban J connectivity index is 3.81. The normalized spacial score (nSPS) is 11.9. The van der Waals surface area contributed by atoms with Crippen molar-refractivity contribution < 1.29 is 9.53 Å². The van der Waals surface area contributed by atoms with E-state index < -0.39 is 0 Å². The van der Waals surface area contributed by atoms with Gasteiger partial charge in [0.15, 0.2) is 5.76 Å². The van der Waals surface area contributed by atoms with Crippen LogP contribution in [-0.2, 0) is 9.53 Å². The monoisotopic (exact) mass is 232 g/mol. The molecule has 0 N–H and O–H groups in total. The topological polar surface area (TPSA) is 26.3 Å². The van der Waals surface area contributed by atoms with Crippen molar-refractivity contribution in [2.24, 2.45) is 0 Å². The van der Waals surface area contributed by atoms with Gasteiger partial charge in [-0.1, -0.05) is 31.2 Å². The van der Waals surface area contributed by atoms with E-state index >= 15 is 0 Å². The van der Waals surface area contributed by atoms with E-state index in [1.54, 1.807) is 6.08 Å². The zero-order chi connectivity index (χ0) is 12.9. The van der Waals surface area contributed by atoms with Crippen molar-refractivity contribution in [2.45, 2.75) is 39.5 Å². The SMILES string of the molecule is C#C/C(=C/CC/C=C\C/C=C\CC)OC(C)=O. The molecule has 0 aliphatic heterocycles. The van der Waals surface area contributed by atoms with Crippen LogP contribution in [0, 0.1) is 12.3 Å². The molecule has 0 aromatic carbocycles. The van der Waals surface area contributed by atoms with Gasteiger partial charge in [-0.25, -0.2) is 0 Å². The zero-order valence-electron chi connectivity index (χ0n) is 10.6. The summed E-state index contributed by atoms with van der Waals surface area (Å²) >= 11 is 0. The van der Waals surface area contributed by atoms with E-state index in [4.69, 9.17) is 11.2 Å². The summed E-state index contributed by atoms with van der Waals surface area (Å²) in [5, 5.41) is 0. The number of unbranched alkanes of at least 4 members (excludes halogenated alkanes) is 1. The first kappa shape index (κ1) is 15.2. The first-order chi connectivity index (χ1) is 8.20. The summed E-state index contributed by atoms with van der Waals surface area (Å²) in [5.74, 6) is 2.26. The van der Waals surface area contributed by atoms with Crippen molar-refractivity contribution >= 4 is 5.97 Å². The van der Waals surface area contributed by atoms with E-state index in [2.05, 4.69) is 37.1 Å². The molecule has 0 atom stereocenters. The lowest BCUT2D eigenvalue weighted by atomic mass is 10.2. The van der Waals surface area contributed by atoms with Crippen LogP contribution in [-0.4, -0.2) is 5.97 Å². The number of ether oxygens (including phenoxy) is 1. The molecule has 0 saturated heterocycles. The lowest BCUT2D eigenvalue weighted by molar-refractivity contribution is -0.136. The third kappa shape index (κ3) is 10.5. The zero-order valence-corrected chi connectivity index (χ0v) is 10.6. The Hall–Kier alpha value is -1.75. The van der Waals surface area contributed by atoms with Crippen molar-refractivity contribution in [1.29, 1.82) is 0 Å². The fourth-order valence-corrected chi connectivity index (χ4v) is 1.15. The van der Waals surface area contributed by atoms with Gasteiger partial charge in [-0.05, 0) is 37.7 Å². The average molecular weight is 232 g/mol. The van der Waals surface area contributed by atoms with E-state index in [0.29, 0.717) is 5.76 Å². The second-order valence-electron chi connectivity index (χ2n) is 3.47. The molecule has 0 radical (unpaired) electrons. The predicted molar refractivity (Wildman–Crippen MR) is 71.1 cm³/mol. The summed E-state index contributed by atoms with van der Waals surface area (Å²) in [6.45, 7) is 3.45. The Morgan fingerprint density at radius 1 is 1.24 bits per heavy atom. The van der Waals surface area contributed by atoms with Gasteiger partial charge in [-0.3, -0.25) is 4.79 Å². The Bertz CT molecular complexity index is 340. The predicted octanol–water partition coefficient (Wildman–Crippen LogP) is 3.76. The maximum atomic E-state index is 10.7. The molecule has 0 aromatic rings. The highest BCUT2D eigenvalue weighted by molar-refractivity contribution is 5.68. The molecular formula is C15H20O2. The van der Waals surface area contributed by atoms with Gasteiger partial charge < -0.3 is 4.74 Å². The van der Waals surface area contributed by atoms with E-state index in [0.717, 1.165) is 25.7 Å². The summed E-state index contributed by atoms with van der Waals surface area (Å²) < 4.78 is 4.81. The Morgan fingerprint density at radius 3 is 2.53 bits per heavy atom. The highest BCUT2D eigenvalue weighted by Gasteiger charge is 1.96. The highest BCUT2D eigenvalue weighted by Crippen LogP contribution is 2.02. The number of esters is 1. The minimum atomic E-state index is -0.380. The van der Waals surface area contributed by atoms with Crippen LogP contribution in [0.2, 0.25) is 0 Å². The molecule has 0 bridgehead atoms. The molecule has 17 heavy (non-hydrogen) atoms. The molecule has 0 rings (SSSR count). The summed E-state index contributed by atoms with van der Waals surface area (Å²) in [7, 11) is 0. The Labute approximate surface area is 104 Å². The highest BCUT2D eigenvalue weighted by atomic mass is 16.5. The first-order valence-electron chi connectivity index (χ1n) is 5.85. The number of rotatable bonds is 7. The number of terminal acetylenes is 1. The third-order valence-corrected chi connectivity index (χ3v) is 1.90. The van der Waals surface area contributed by atoms with Crippen LogP contribution >= 0.6 is 0 Å². The van der Waals surface area contributed by atoms with E-state index in [1.165, 1.54) is 6.92 Å². The van der Waals surface area contributed by atoms with Crippen LogP contribution in [0.4, 0.5) is 0 Å². The van der Waals surface area contributed by atoms with Crippen LogP contribution in [0.15, 0.2) is 36.1 Å². The van der Waals surface area contributed by atoms with E-state index in [9.17, 15) is 4.79 Å². The minimum absolute atomic E-state index is 0.303. The standard InChI is InChI=1S/C15H20O2/c1-4-6-7-8-9-10-11-12-13-15(5-2)17-14(3)16/h2,6-7,9-10,13H,4,8,11-12H2,1,3H3/b7-6-,10-9-,15-13-. The molecule has 0 unspecified atom stereocenters. The molecular weight excluding hydrogens is 212 g/mol. The van der Waals surface area contributed by atoms with Crippen molar-refractivity contribution in [3.63, 3.8) is 0 Å². The summed E-state index contributed by atoms with van der Waals surface area (Å²) in [6.07, 6.45) is 19.1. The molecule has 92 valence electrons. The van der Waals surface area contributed by atoms with Gasteiger partial charge in [0.1, 0.15) is 0 Å². The van der Waals surface area contributed by atoms with Crippen molar-refractivity contribution in [3.8, 4) is 12.3 Å². The summed E-state index contributed by atoms with van der Waals surface area (Å²) in [4.78, 5) is 10.7. The summed E-state index contributed by atoms with van der Waals surface area (Å²) in [6, 6.07) is 0. The smallest absolute Gasteiger partial charge is 0.308 e. The lowest BCUT2D eigenvalue weighted by Crippen LogP contribution is -1.96. The van der Waals surface area contributed by atoms with Crippen LogP contribution in [0.1, 0.15) is 39.5 Å². The molecule has 0 aromatic heterocycles. The lowest BCUT2D eigenvalue weighted by Gasteiger charge is -1.98. The Kier molecular flexibility index (Phi) is 9.65. The molecule has 0 saturated carbocycles. The molecule has 0 aliphatic rings. The molecule has 0 amide bonds. The molecule has 0 heterocycles. The van der Waals surface area contributed by atoms with Crippen molar-refractivity contribution in [3.05, 3.63) is 36.1 Å². The second-order valence-corrected chi connectivity index (χ2v) is 3.47. The fourth-order valence-electron chi connectivity index (χ4n) is 1.15. The van der Waals surface area contributed by atoms with Crippen LogP contribution < -0.4 is 0 Å². The fraction of sp³-hybridized carbons (Fsp3) is 0.400. The Morgan fingerprint density at radius 2 is 1.94 bits per heavy atom. The summed E-state index contributed by atoms with van der Waals surface area (Å²) in [5.41, 5.74) is 0. The first-order valence-corrected chi connectivity index (χ1v) is 5.85. The van der Waals surface area contributed by atoms with E-state index in [1.807, 2.05) is 0 Å². The number of carbonyl (C=O) groups is 1. The van der Waals surface area contributed by atoms with Gasteiger partial charge in [0.2, 0.25) is 0 Å². The van der Waals surface area contributed by atoms with E-state index in [-0.39, 0.29) is 5.97 Å². The van der Waals surface area contributed by atoms with Crippen LogP contribution in [0.5, 0.6) is 0 Å². The minimum Gasteiger partial charge on any atom is -0.418 e. The molecule has 0 spiro atoms. The molecule has 2 heteroatoms. The van der Waals surface area contributed by atoms with Gasteiger partial charge in [-0.15, -0.1) is 6.42 Å². The molecule has 2 nitrogen and oxygen atoms in total. The van der Waals surface area contributed by atoms with Gasteiger partial charge in [0.05, 0.1) is 0 Å². The van der Waals surface area contributed by atoms with Crippen molar-refractivity contribution in [1.82, 2.24) is 0 Å². The van der Waals surface area contributed by atoms with Crippen LogP contribution in [0.3, 0.4) is 0 Å². The van der Waals surface area contributed by atoms with Gasteiger partial charge in [0.25, 0.3) is 0 Å². The van der Waals surface area contributed by atoms with Crippen molar-refractivity contribution in [2.75, 3.05) is 0 Å². The number of hydrogen-bond acceptors (Lipinski definition) is 2. The number of carbonyl (C=O) groups excluding carboxylic acids is 1. The van der Waals surface area contributed by atoms with Gasteiger partial charge >= 0.3 is 5.97 Å². The number of hydrogen-bond donors (Lipinski definition) is 0. The molecule has 0 fully saturated rings. The second kappa shape index (κ2) is 10.8. The molecule has 0 aliphatic carbocycles. The average Bonchev–Trinajstić information content (AvgIpc) is 2.30. The quantitative estimate of drug-likeness (QED) is 0.220.